The molecular formula is C31H23F7O. The van der Waals surface area contributed by atoms with Gasteiger partial charge < -0.3 is 4.74 Å². The molecule has 0 saturated heterocycles. The van der Waals surface area contributed by atoms with Gasteiger partial charge in [0, 0.05) is 12.1 Å². The van der Waals surface area contributed by atoms with Crippen molar-refractivity contribution in [3.8, 4) is 28.0 Å². The van der Waals surface area contributed by atoms with Gasteiger partial charge in [-0.25, -0.2) is 22.0 Å². The smallest absolute Gasteiger partial charge is 0.429 e. The van der Waals surface area contributed by atoms with Gasteiger partial charge in [0.15, 0.2) is 17.5 Å². The summed E-state index contributed by atoms with van der Waals surface area (Å²) in [4.78, 5) is 0. The predicted molar refractivity (Wildman–Crippen MR) is 134 cm³/mol. The zero-order chi connectivity index (χ0) is 27.9. The first-order chi connectivity index (χ1) is 18.6. The molecule has 202 valence electrons. The van der Waals surface area contributed by atoms with Crippen molar-refractivity contribution in [2.45, 2.75) is 38.7 Å². The third kappa shape index (κ3) is 5.37. The summed E-state index contributed by atoms with van der Waals surface area (Å²) in [6, 6.07) is 14.9. The SMILES string of the molecule is CCCC1Cc2ccc(-c3ccc(-c4cc(F)c(C(F)(F)Oc5cc(F)c(F)c(F)c5)c(F)c4)cc3)cc2C1. The Labute approximate surface area is 220 Å². The van der Waals surface area contributed by atoms with Crippen LogP contribution >= 0.6 is 0 Å². The van der Waals surface area contributed by atoms with E-state index in [1.54, 1.807) is 24.3 Å². The molecule has 1 nitrogen and oxygen atoms in total. The monoisotopic (exact) mass is 544 g/mol. The Balaban J connectivity index is 1.38. The normalized spacial score (nSPS) is 14.9. The maximum Gasteiger partial charge on any atom is 0.432 e. The second-order valence-corrected chi connectivity index (χ2v) is 9.76. The van der Waals surface area contributed by atoms with E-state index in [0.717, 1.165) is 42.5 Å². The molecule has 0 spiro atoms. The molecule has 0 aromatic heterocycles. The maximum absolute atomic E-state index is 14.8. The molecule has 0 saturated carbocycles. The molecule has 5 rings (SSSR count). The Hall–Kier alpha value is -3.81. The van der Waals surface area contributed by atoms with Gasteiger partial charge in [0.05, 0.1) is 0 Å². The maximum atomic E-state index is 14.8. The van der Waals surface area contributed by atoms with Gasteiger partial charge in [-0.1, -0.05) is 62.2 Å². The van der Waals surface area contributed by atoms with Crippen LogP contribution in [-0.4, -0.2) is 0 Å². The third-order valence-corrected chi connectivity index (χ3v) is 7.01. The van der Waals surface area contributed by atoms with E-state index in [1.807, 2.05) is 6.07 Å². The van der Waals surface area contributed by atoms with Crippen molar-refractivity contribution in [2.75, 3.05) is 0 Å². The van der Waals surface area contributed by atoms with E-state index in [4.69, 9.17) is 0 Å². The highest BCUT2D eigenvalue weighted by atomic mass is 19.3. The Morgan fingerprint density at radius 1 is 0.667 bits per heavy atom. The van der Waals surface area contributed by atoms with Crippen LogP contribution in [0.1, 0.15) is 36.5 Å². The number of fused-ring (bicyclic) bond motifs is 1. The lowest BCUT2D eigenvalue weighted by molar-refractivity contribution is -0.189. The van der Waals surface area contributed by atoms with Crippen LogP contribution in [0.15, 0.2) is 66.7 Å². The van der Waals surface area contributed by atoms with Crippen LogP contribution < -0.4 is 4.74 Å². The lowest BCUT2D eigenvalue weighted by atomic mass is 9.97. The first-order valence-corrected chi connectivity index (χ1v) is 12.5. The summed E-state index contributed by atoms with van der Waals surface area (Å²) in [5, 5.41) is 0. The first-order valence-electron chi connectivity index (χ1n) is 12.5. The topological polar surface area (TPSA) is 9.23 Å². The quantitative estimate of drug-likeness (QED) is 0.166. The lowest BCUT2D eigenvalue weighted by Crippen LogP contribution is -2.25. The van der Waals surface area contributed by atoms with E-state index in [1.165, 1.54) is 17.5 Å². The molecule has 0 amide bonds. The highest BCUT2D eigenvalue weighted by Gasteiger charge is 2.41. The zero-order valence-corrected chi connectivity index (χ0v) is 20.8. The molecule has 39 heavy (non-hydrogen) atoms. The Morgan fingerprint density at radius 3 is 1.79 bits per heavy atom. The number of hydrogen-bond donors (Lipinski definition) is 0. The molecule has 0 radical (unpaired) electrons. The van der Waals surface area contributed by atoms with E-state index >= 15 is 0 Å². The van der Waals surface area contributed by atoms with E-state index in [9.17, 15) is 30.7 Å². The fraction of sp³-hybridized carbons (Fsp3) is 0.226. The van der Waals surface area contributed by atoms with Gasteiger partial charge in [-0.05, 0) is 64.3 Å². The highest BCUT2D eigenvalue weighted by Crippen LogP contribution is 2.38. The summed E-state index contributed by atoms with van der Waals surface area (Å²) in [6.07, 6.45) is -0.187. The second-order valence-electron chi connectivity index (χ2n) is 9.76. The highest BCUT2D eigenvalue weighted by molar-refractivity contribution is 5.71. The summed E-state index contributed by atoms with van der Waals surface area (Å²) in [7, 11) is 0. The molecule has 0 aliphatic heterocycles. The molecular weight excluding hydrogens is 521 g/mol. The minimum Gasteiger partial charge on any atom is -0.429 e. The zero-order valence-electron chi connectivity index (χ0n) is 20.8. The van der Waals surface area contributed by atoms with Gasteiger partial charge >= 0.3 is 6.11 Å². The Kier molecular flexibility index (Phi) is 7.14. The summed E-state index contributed by atoms with van der Waals surface area (Å²) in [6.45, 7) is 2.18. The standard InChI is InChI=1S/C31H23F7O/c1-2-3-17-10-20-8-9-21(12-22(20)11-17)18-4-6-19(7-5-18)23-13-25(32)29(26(33)14-23)31(37,38)39-24-15-27(34)30(36)28(35)16-24/h4-9,12-17H,2-3,10-11H2,1H3. The van der Waals surface area contributed by atoms with Crippen LogP contribution in [0.3, 0.4) is 0 Å². The van der Waals surface area contributed by atoms with Crippen LogP contribution in [0.5, 0.6) is 5.75 Å². The number of halogens is 7. The van der Waals surface area contributed by atoms with Crippen molar-refractivity contribution in [1.29, 1.82) is 0 Å². The molecule has 1 aliphatic carbocycles. The lowest BCUT2D eigenvalue weighted by Gasteiger charge is -2.20. The largest absolute Gasteiger partial charge is 0.432 e. The average Bonchev–Trinajstić information content (AvgIpc) is 3.28. The van der Waals surface area contributed by atoms with Crippen molar-refractivity contribution in [3.05, 3.63) is 113 Å². The molecule has 4 aromatic carbocycles. The first kappa shape index (κ1) is 26.8. The molecule has 1 unspecified atom stereocenters. The fourth-order valence-electron chi connectivity index (χ4n) is 5.16. The Bertz CT molecular complexity index is 1480. The van der Waals surface area contributed by atoms with E-state index in [0.29, 0.717) is 11.5 Å². The van der Waals surface area contributed by atoms with Gasteiger partial charge in [0.2, 0.25) is 0 Å². The summed E-state index contributed by atoms with van der Waals surface area (Å²) < 4.78 is 103. The van der Waals surface area contributed by atoms with Crippen molar-refractivity contribution in [1.82, 2.24) is 0 Å². The summed E-state index contributed by atoms with van der Waals surface area (Å²) in [5.74, 6) is -9.20. The molecule has 1 atom stereocenters. The molecule has 8 heteroatoms. The molecule has 0 N–H and O–H groups in total. The van der Waals surface area contributed by atoms with Crippen LogP contribution in [0.25, 0.3) is 22.3 Å². The van der Waals surface area contributed by atoms with Gasteiger partial charge in [-0.3, -0.25) is 0 Å². The summed E-state index contributed by atoms with van der Waals surface area (Å²) >= 11 is 0. The van der Waals surface area contributed by atoms with Gasteiger partial charge in [0.25, 0.3) is 0 Å². The molecule has 1 aliphatic rings. The van der Waals surface area contributed by atoms with Crippen molar-refractivity contribution < 1.29 is 35.5 Å². The third-order valence-electron chi connectivity index (χ3n) is 7.01. The predicted octanol–water partition coefficient (Wildman–Crippen LogP) is 9.36. The molecule has 4 aromatic rings. The second kappa shape index (κ2) is 10.4. The average molecular weight is 545 g/mol. The van der Waals surface area contributed by atoms with Crippen LogP contribution in [0, 0.1) is 35.0 Å². The van der Waals surface area contributed by atoms with Crippen LogP contribution in [-0.2, 0) is 19.0 Å². The minimum absolute atomic E-state index is 0.00586. The van der Waals surface area contributed by atoms with Crippen molar-refractivity contribution in [2.24, 2.45) is 5.92 Å². The molecule has 0 heterocycles. The number of rotatable bonds is 7. The van der Waals surface area contributed by atoms with Crippen LogP contribution in [0.2, 0.25) is 0 Å². The van der Waals surface area contributed by atoms with E-state index < -0.39 is 46.5 Å². The number of alkyl halides is 2. The van der Waals surface area contributed by atoms with Crippen LogP contribution in [0.4, 0.5) is 30.7 Å². The molecule has 0 bridgehead atoms. The fourth-order valence-corrected chi connectivity index (χ4v) is 5.16. The Morgan fingerprint density at radius 2 is 1.21 bits per heavy atom. The van der Waals surface area contributed by atoms with Gasteiger partial charge in [-0.2, -0.15) is 8.78 Å². The number of hydrogen-bond acceptors (Lipinski definition) is 1. The number of benzene rings is 4. The minimum atomic E-state index is -4.64. The van der Waals surface area contributed by atoms with Gasteiger partial charge in [0.1, 0.15) is 22.9 Å². The molecule has 0 fully saturated rings. The van der Waals surface area contributed by atoms with E-state index in [2.05, 4.69) is 23.8 Å². The van der Waals surface area contributed by atoms with Crippen molar-refractivity contribution >= 4 is 0 Å². The summed E-state index contributed by atoms with van der Waals surface area (Å²) in [5.41, 5.74) is 3.24. The van der Waals surface area contributed by atoms with Gasteiger partial charge in [-0.15, -0.1) is 0 Å². The van der Waals surface area contributed by atoms with E-state index in [-0.39, 0.29) is 17.7 Å². The number of ether oxygens (including phenoxy) is 1. The van der Waals surface area contributed by atoms with Crippen molar-refractivity contribution in [3.63, 3.8) is 0 Å².